The molecule has 0 aromatic carbocycles. The van der Waals surface area contributed by atoms with Crippen molar-refractivity contribution in [2.45, 2.75) is 37.9 Å². The smallest absolute Gasteiger partial charge is 0.104 e. The van der Waals surface area contributed by atoms with Crippen molar-refractivity contribution in [1.82, 2.24) is 9.59 Å². The zero-order valence-electron chi connectivity index (χ0n) is 7.72. The quantitative estimate of drug-likeness (QED) is 0.748. The Hall–Kier alpha value is -0.990. The maximum Gasteiger partial charge on any atom is 0.104 e. The number of rotatable bonds is 2. The van der Waals surface area contributed by atoms with Gasteiger partial charge in [-0.1, -0.05) is 4.49 Å². The molecule has 0 N–H and O–H groups in total. The third kappa shape index (κ3) is 2.08. The van der Waals surface area contributed by atoms with Crippen LogP contribution in [0.25, 0.3) is 0 Å². The molecular weight excluding hydrogens is 198 g/mol. The lowest BCUT2D eigenvalue weighted by Crippen LogP contribution is -2.22. The molecule has 1 aliphatic heterocycles. The summed E-state index contributed by atoms with van der Waals surface area (Å²) < 4.78 is 9.57. The lowest BCUT2D eigenvalue weighted by Gasteiger charge is -2.27. The molecule has 2 heterocycles. The van der Waals surface area contributed by atoms with Gasteiger partial charge in [-0.2, -0.15) is 5.26 Å². The zero-order valence-corrected chi connectivity index (χ0v) is 8.54. The molecule has 14 heavy (non-hydrogen) atoms. The van der Waals surface area contributed by atoms with Crippen molar-refractivity contribution >= 4 is 11.5 Å². The third-order valence-corrected chi connectivity index (χ3v) is 2.90. The summed E-state index contributed by atoms with van der Waals surface area (Å²) in [5, 5.41) is 14.5. The van der Waals surface area contributed by atoms with Crippen LogP contribution in [0.4, 0.5) is 0 Å². The summed E-state index contributed by atoms with van der Waals surface area (Å²) in [7, 11) is 0. The van der Waals surface area contributed by atoms with Crippen molar-refractivity contribution in [2.24, 2.45) is 0 Å². The summed E-state index contributed by atoms with van der Waals surface area (Å²) in [4.78, 5) is 0. The van der Waals surface area contributed by atoms with E-state index < -0.39 is 0 Å². The van der Waals surface area contributed by atoms with E-state index in [1.165, 1.54) is 11.5 Å². The number of hydrogen-bond acceptors (Lipinski definition) is 5. The van der Waals surface area contributed by atoms with Gasteiger partial charge < -0.3 is 4.74 Å². The number of nitrogens with zero attached hydrogens (tertiary/aromatic N) is 3. The van der Waals surface area contributed by atoms with Crippen LogP contribution in [0.5, 0.6) is 0 Å². The summed E-state index contributed by atoms with van der Waals surface area (Å²) in [5.41, 5.74) is 0.914. The highest BCUT2D eigenvalue weighted by molar-refractivity contribution is 7.03. The fraction of sp³-hybridized carbons (Fsp3) is 0.667. The molecular formula is C9H11N3OS. The number of ether oxygens (including phenoxy) is 1. The summed E-state index contributed by atoms with van der Waals surface area (Å²) in [5.74, 6) is 0. The van der Waals surface area contributed by atoms with Crippen LogP contribution in [-0.4, -0.2) is 15.7 Å². The first-order chi connectivity index (χ1) is 6.90. The maximum atomic E-state index is 8.58. The van der Waals surface area contributed by atoms with Gasteiger partial charge in [0.25, 0.3) is 0 Å². The molecule has 1 fully saturated rings. The summed E-state index contributed by atoms with van der Waals surface area (Å²) in [6.45, 7) is 0. The molecule has 1 aromatic heterocycles. The van der Waals surface area contributed by atoms with Gasteiger partial charge in [-0.25, -0.2) is 0 Å². The van der Waals surface area contributed by atoms with Crippen molar-refractivity contribution in [3.05, 3.63) is 11.1 Å². The number of hydrogen-bond donors (Lipinski definition) is 0. The van der Waals surface area contributed by atoms with E-state index in [1.807, 2.05) is 5.38 Å². The van der Waals surface area contributed by atoms with Gasteiger partial charge in [-0.15, -0.1) is 5.10 Å². The molecule has 0 bridgehead atoms. The van der Waals surface area contributed by atoms with Gasteiger partial charge >= 0.3 is 0 Å². The Morgan fingerprint density at radius 2 is 2.57 bits per heavy atom. The molecule has 2 atom stereocenters. The minimum absolute atomic E-state index is 0.0563. The number of nitriles is 1. The molecule has 5 heteroatoms. The zero-order chi connectivity index (χ0) is 9.80. The number of aromatic nitrogens is 2. The molecule has 1 aliphatic rings. The Balaban J connectivity index is 1.98. The topological polar surface area (TPSA) is 58.8 Å². The van der Waals surface area contributed by atoms with Crippen molar-refractivity contribution in [1.29, 1.82) is 5.26 Å². The van der Waals surface area contributed by atoms with Gasteiger partial charge in [-0.3, -0.25) is 0 Å². The average molecular weight is 209 g/mol. The van der Waals surface area contributed by atoms with Gasteiger partial charge in [0.05, 0.1) is 18.6 Å². The van der Waals surface area contributed by atoms with Gasteiger partial charge in [0.2, 0.25) is 0 Å². The molecule has 4 nitrogen and oxygen atoms in total. The Morgan fingerprint density at radius 1 is 1.64 bits per heavy atom. The average Bonchev–Trinajstić information content (AvgIpc) is 2.71. The van der Waals surface area contributed by atoms with E-state index in [0.29, 0.717) is 6.42 Å². The molecule has 0 saturated carbocycles. The highest BCUT2D eigenvalue weighted by Gasteiger charge is 2.24. The Kier molecular flexibility index (Phi) is 3.07. The van der Waals surface area contributed by atoms with Gasteiger partial charge in [-0.05, 0) is 30.8 Å². The van der Waals surface area contributed by atoms with Gasteiger partial charge in [0.15, 0.2) is 0 Å². The summed E-state index contributed by atoms with van der Waals surface area (Å²) >= 11 is 1.34. The Bertz CT molecular complexity index is 319. The van der Waals surface area contributed by atoms with Crippen LogP contribution in [0.15, 0.2) is 5.38 Å². The Labute approximate surface area is 86.7 Å². The van der Waals surface area contributed by atoms with E-state index in [1.54, 1.807) is 0 Å². The highest BCUT2D eigenvalue weighted by Crippen LogP contribution is 2.31. The van der Waals surface area contributed by atoms with E-state index in [4.69, 9.17) is 10.00 Å². The van der Waals surface area contributed by atoms with Crippen LogP contribution in [0.3, 0.4) is 0 Å². The largest absolute Gasteiger partial charge is 0.368 e. The fourth-order valence-electron chi connectivity index (χ4n) is 1.68. The molecule has 1 aromatic rings. The predicted octanol–water partition coefficient (Wildman–Crippen LogP) is 2.06. The molecule has 2 unspecified atom stereocenters. The standard InChI is InChI=1S/C9H11N3OS/c10-5-4-7-2-1-3-9(13-7)8-6-14-12-11-8/h6-7,9H,1-4H2. The van der Waals surface area contributed by atoms with Gasteiger partial charge in [0, 0.05) is 5.38 Å². The van der Waals surface area contributed by atoms with Crippen molar-refractivity contribution < 1.29 is 4.74 Å². The second-order valence-electron chi connectivity index (χ2n) is 3.37. The van der Waals surface area contributed by atoms with Crippen molar-refractivity contribution in [3.8, 4) is 6.07 Å². The molecule has 0 aliphatic carbocycles. The molecule has 0 spiro atoms. The van der Waals surface area contributed by atoms with Crippen LogP contribution in [-0.2, 0) is 4.74 Å². The second kappa shape index (κ2) is 4.49. The predicted molar refractivity (Wildman–Crippen MR) is 51.6 cm³/mol. The summed E-state index contributed by atoms with van der Waals surface area (Å²) in [6, 6.07) is 2.14. The van der Waals surface area contributed by atoms with E-state index in [-0.39, 0.29) is 12.2 Å². The first kappa shape index (κ1) is 9.56. The lowest BCUT2D eigenvalue weighted by molar-refractivity contribution is -0.0506. The summed E-state index contributed by atoms with van der Waals surface area (Å²) in [6.07, 6.45) is 3.71. The van der Waals surface area contributed by atoms with Gasteiger partial charge in [0.1, 0.15) is 11.8 Å². The monoisotopic (exact) mass is 209 g/mol. The molecule has 74 valence electrons. The normalized spacial score (nSPS) is 27.1. The first-order valence-electron chi connectivity index (χ1n) is 4.69. The van der Waals surface area contributed by atoms with Crippen LogP contribution < -0.4 is 0 Å². The Morgan fingerprint density at radius 3 is 3.29 bits per heavy atom. The molecule has 1 saturated heterocycles. The van der Waals surface area contributed by atoms with Crippen LogP contribution in [0, 0.1) is 11.3 Å². The van der Waals surface area contributed by atoms with E-state index >= 15 is 0 Å². The van der Waals surface area contributed by atoms with Crippen LogP contribution >= 0.6 is 11.5 Å². The highest BCUT2D eigenvalue weighted by atomic mass is 32.1. The van der Waals surface area contributed by atoms with Crippen LogP contribution in [0.2, 0.25) is 0 Å². The SMILES string of the molecule is N#CCC1CCCC(c2csnn2)O1. The molecule has 2 rings (SSSR count). The van der Waals surface area contributed by atoms with E-state index in [0.717, 1.165) is 25.0 Å². The fourth-order valence-corrected chi connectivity index (χ4v) is 2.18. The minimum Gasteiger partial charge on any atom is -0.368 e. The van der Waals surface area contributed by atoms with E-state index in [9.17, 15) is 0 Å². The third-order valence-electron chi connectivity index (χ3n) is 2.37. The van der Waals surface area contributed by atoms with Crippen LogP contribution in [0.1, 0.15) is 37.5 Å². The minimum atomic E-state index is 0.0563. The van der Waals surface area contributed by atoms with Crippen molar-refractivity contribution in [3.63, 3.8) is 0 Å². The molecule has 0 radical (unpaired) electrons. The second-order valence-corrected chi connectivity index (χ2v) is 3.98. The molecule has 0 amide bonds. The van der Waals surface area contributed by atoms with E-state index in [2.05, 4.69) is 15.7 Å². The van der Waals surface area contributed by atoms with Crippen molar-refractivity contribution in [2.75, 3.05) is 0 Å². The first-order valence-corrected chi connectivity index (χ1v) is 5.53. The lowest BCUT2D eigenvalue weighted by atomic mass is 10.0. The maximum absolute atomic E-state index is 8.58.